The third-order valence-corrected chi connectivity index (χ3v) is 7.80. The molecule has 6 nitrogen and oxygen atoms in total. The average molecular weight is 500 g/mol. The number of amides is 1. The van der Waals surface area contributed by atoms with Crippen LogP contribution in [0.2, 0.25) is 0 Å². The first kappa shape index (κ1) is 21.7. The summed E-state index contributed by atoms with van der Waals surface area (Å²) < 4.78 is 29.2. The van der Waals surface area contributed by atoms with Gasteiger partial charge in [-0.1, -0.05) is 28.4 Å². The van der Waals surface area contributed by atoms with Crippen molar-refractivity contribution in [1.82, 2.24) is 9.29 Å². The molecule has 0 radical (unpaired) electrons. The first-order valence-electron chi connectivity index (χ1n) is 10.0. The van der Waals surface area contributed by atoms with E-state index in [1.807, 2.05) is 12.1 Å². The van der Waals surface area contributed by atoms with E-state index >= 15 is 0 Å². The molecule has 2 aromatic carbocycles. The van der Waals surface area contributed by atoms with Crippen LogP contribution in [0.1, 0.15) is 41.2 Å². The summed E-state index contributed by atoms with van der Waals surface area (Å²) in [5.74, 6) is -0.254. The lowest BCUT2D eigenvalue weighted by Gasteiger charge is -2.34. The normalized spacial score (nSPS) is 17.3. The van der Waals surface area contributed by atoms with E-state index in [0.717, 1.165) is 29.3 Å². The maximum Gasteiger partial charge on any atom is 0.255 e. The number of aromatic nitrogens is 1. The monoisotopic (exact) mass is 499 g/mol. The van der Waals surface area contributed by atoms with E-state index in [1.165, 1.54) is 0 Å². The number of hydrogen-bond donors (Lipinski definition) is 1. The third-order valence-electron chi connectivity index (χ3n) is 5.35. The van der Waals surface area contributed by atoms with Gasteiger partial charge >= 0.3 is 0 Å². The van der Waals surface area contributed by atoms with Crippen molar-refractivity contribution in [2.75, 3.05) is 11.9 Å². The van der Waals surface area contributed by atoms with E-state index in [1.54, 1.807) is 65.2 Å². The fourth-order valence-electron chi connectivity index (χ4n) is 3.75. The Bertz CT molecular complexity index is 1150. The van der Waals surface area contributed by atoms with E-state index in [9.17, 15) is 13.2 Å². The number of pyridine rings is 1. The predicted molar refractivity (Wildman–Crippen MR) is 123 cm³/mol. The average Bonchev–Trinajstić information content (AvgIpc) is 2.80. The molecule has 0 aliphatic carbocycles. The van der Waals surface area contributed by atoms with Crippen LogP contribution in [0.5, 0.6) is 0 Å². The topological polar surface area (TPSA) is 79.4 Å². The lowest BCUT2D eigenvalue weighted by atomic mass is 9.99. The molecule has 1 fully saturated rings. The Hall–Kier alpha value is -2.55. The Morgan fingerprint density at radius 1 is 1.03 bits per heavy atom. The quantitative estimate of drug-likeness (QED) is 0.534. The molecule has 160 valence electrons. The van der Waals surface area contributed by atoms with E-state index < -0.39 is 10.0 Å². The zero-order chi connectivity index (χ0) is 21.8. The van der Waals surface area contributed by atoms with Gasteiger partial charge in [0.2, 0.25) is 10.0 Å². The van der Waals surface area contributed by atoms with E-state index in [0.29, 0.717) is 17.8 Å². The summed E-state index contributed by atoms with van der Waals surface area (Å²) in [6.45, 7) is 0.476. The van der Waals surface area contributed by atoms with Crippen LogP contribution in [-0.2, 0) is 10.0 Å². The van der Waals surface area contributed by atoms with Crippen molar-refractivity contribution in [3.63, 3.8) is 0 Å². The van der Waals surface area contributed by atoms with Crippen molar-refractivity contribution in [2.45, 2.75) is 30.2 Å². The van der Waals surface area contributed by atoms with Gasteiger partial charge in [-0.25, -0.2) is 8.42 Å². The summed E-state index contributed by atoms with van der Waals surface area (Å²) in [7, 11) is -3.67. The molecule has 1 saturated heterocycles. The summed E-state index contributed by atoms with van der Waals surface area (Å²) in [6, 6.07) is 16.9. The fraction of sp³-hybridized carbons (Fsp3) is 0.217. The van der Waals surface area contributed by atoms with Crippen molar-refractivity contribution in [2.24, 2.45) is 0 Å². The van der Waals surface area contributed by atoms with Gasteiger partial charge in [-0.05, 0) is 73.0 Å². The molecule has 4 rings (SSSR count). The first-order chi connectivity index (χ1) is 14.9. The summed E-state index contributed by atoms with van der Waals surface area (Å²) in [5, 5.41) is 2.80. The number of halogens is 1. The van der Waals surface area contributed by atoms with E-state index in [2.05, 4.69) is 26.2 Å². The third kappa shape index (κ3) is 4.87. The van der Waals surface area contributed by atoms with Gasteiger partial charge in [0.05, 0.1) is 10.9 Å². The second kappa shape index (κ2) is 9.30. The van der Waals surface area contributed by atoms with Gasteiger partial charge in [0, 0.05) is 34.7 Å². The number of carbonyl (C=O) groups excluding carboxylic acids is 1. The van der Waals surface area contributed by atoms with Gasteiger partial charge in [-0.15, -0.1) is 0 Å². The second-order valence-corrected chi connectivity index (χ2v) is 10.2. The Morgan fingerprint density at radius 3 is 2.45 bits per heavy atom. The van der Waals surface area contributed by atoms with Gasteiger partial charge in [-0.2, -0.15) is 4.31 Å². The summed E-state index contributed by atoms with van der Waals surface area (Å²) in [5.41, 5.74) is 1.96. The van der Waals surface area contributed by atoms with E-state index in [-0.39, 0.29) is 16.8 Å². The summed E-state index contributed by atoms with van der Waals surface area (Å²) >= 11 is 3.34. The van der Waals surface area contributed by atoms with Crippen LogP contribution >= 0.6 is 15.9 Å². The zero-order valence-electron chi connectivity index (χ0n) is 16.7. The van der Waals surface area contributed by atoms with Crippen LogP contribution in [0.4, 0.5) is 5.69 Å². The number of anilines is 1. The number of sulfonamides is 1. The minimum atomic E-state index is -3.67. The molecule has 0 unspecified atom stereocenters. The minimum absolute atomic E-state index is 0.213. The maximum absolute atomic E-state index is 13.4. The van der Waals surface area contributed by atoms with Crippen LogP contribution in [-0.4, -0.2) is 30.2 Å². The molecule has 8 heteroatoms. The largest absolute Gasteiger partial charge is 0.322 e. The first-order valence-corrected chi connectivity index (χ1v) is 12.3. The van der Waals surface area contributed by atoms with Crippen molar-refractivity contribution in [3.8, 4) is 0 Å². The molecule has 1 N–H and O–H groups in total. The summed E-state index contributed by atoms with van der Waals surface area (Å²) in [4.78, 5) is 16.8. The molecular formula is C23H22BrN3O3S. The number of hydrogen-bond acceptors (Lipinski definition) is 4. The predicted octanol–water partition coefficient (Wildman–Crippen LogP) is 5.01. The number of rotatable bonds is 5. The zero-order valence-corrected chi connectivity index (χ0v) is 19.1. The van der Waals surface area contributed by atoms with Gasteiger partial charge in [0.1, 0.15) is 0 Å². The second-order valence-electron chi connectivity index (χ2n) is 7.40. The van der Waals surface area contributed by atoms with E-state index in [4.69, 9.17) is 0 Å². The van der Waals surface area contributed by atoms with Crippen molar-refractivity contribution in [3.05, 3.63) is 88.7 Å². The van der Waals surface area contributed by atoms with Crippen molar-refractivity contribution < 1.29 is 13.2 Å². The standard InChI is InChI=1S/C23H22BrN3O3S/c24-19-8-6-17(7-9-19)23(28)26-20-10-12-21(13-11-20)31(29,30)27-15-2-1-5-22(27)18-4-3-14-25-16-18/h3-4,6-14,16,22H,1-2,5,15H2,(H,26,28)/t22-/m0/s1. The highest BCUT2D eigenvalue weighted by atomic mass is 79.9. The molecule has 0 saturated carbocycles. The van der Waals surface area contributed by atoms with Gasteiger partial charge in [0.15, 0.2) is 0 Å². The van der Waals surface area contributed by atoms with Crippen LogP contribution in [0.3, 0.4) is 0 Å². The SMILES string of the molecule is O=C(Nc1ccc(S(=O)(=O)N2CCCC[C@H]2c2cccnc2)cc1)c1ccc(Br)cc1. The number of piperidine rings is 1. The lowest BCUT2D eigenvalue weighted by molar-refractivity contribution is 0.102. The Kier molecular flexibility index (Phi) is 6.50. The molecule has 3 aromatic rings. The highest BCUT2D eigenvalue weighted by Crippen LogP contribution is 2.35. The fourth-order valence-corrected chi connectivity index (χ4v) is 5.70. The number of nitrogens with one attached hydrogen (secondary N) is 1. The molecule has 1 amide bonds. The molecule has 1 atom stereocenters. The number of benzene rings is 2. The Balaban J connectivity index is 1.53. The number of nitrogens with zero attached hydrogens (tertiary/aromatic N) is 2. The van der Waals surface area contributed by atoms with Crippen molar-refractivity contribution in [1.29, 1.82) is 0 Å². The van der Waals surface area contributed by atoms with Crippen LogP contribution in [0.25, 0.3) is 0 Å². The molecule has 1 aliphatic rings. The highest BCUT2D eigenvalue weighted by Gasteiger charge is 2.34. The molecular weight excluding hydrogens is 478 g/mol. The van der Waals surface area contributed by atoms with Gasteiger partial charge in [-0.3, -0.25) is 9.78 Å². The van der Waals surface area contributed by atoms with Crippen LogP contribution in [0, 0.1) is 0 Å². The highest BCUT2D eigenvalue weighted by molar-refractivity contribution is 9.10. The molecule has 1 aliphatic heterocycles. The van der Waals surface area contributed by atoms with Crippen LogP contribution in [0.15, 0.2) is 82.4 Å². The maximum atomic E-state index is 13.4. The molecule has 1 aromatic heterocycles. The van der Waals surface area contributed by atoms with Gasteiger partial charge < -0.3 is 5.32 Å². The minimum Gasteiger partial charge on any atom is -0.322 e. The molecule has 0 spiro atoms. The van der Waals surface area contributed by atoms with Crippen molar-refractivity contribution >= 4 is 37.5 Å². The van der Waals surface area contributed by atoms with Crippen LogP contribution < -0.4 is 5.32 Å². The molecule has 31 heavy (non-hydrogen) atoms. The molecule has 0 bridgehead atoms. The van der Waals surface area contributed by atoms with Gasteiger partial charge in [0.25, 0.3) is 5.91 Å². The Labute approximate surface area is 190 Å². The molecule has 2 heterocycles. The Morgan fingerprint density at radius 2 is 1.77 bits per heavy atom. The number of carbonyl (C=O) groups is 1. The summed E-state index contributed by atoms with van der Waals surface area (Å²) in [6.07, 6.45) is 6.00. The lowest BCUT2D eigenvalue weighted by Crippen LogP contribution is -2.38. The smallest absolute Gasteiger partial charge is 0.255 e.